The third kappa shape index (κ3) is 6.65. The zero-order valence-electron chi connectivity index (χ0n) is 12.6. The average molecular weight is 288 g/mol. The number of rotatable bonds is 8. The van der Waals surface area contributed by atoms with Crippen LogP contribution >= 0.6 is 11.6 Å². The van der Waals surface area contributed by atoms with Crippen LogP contribution < -0.4 is 5.32 Å². The molecule has 1 unspecified atom stereocenters. The van der Waals surface area contributed by atoms with Gasteiger partial charge in [-0.3, -0.25) is 4.79 Å². The second-order valence-corrected chi connectivity index (χ2v) is 6.57. The minimum absolute atomic E-state index is 0.265. The third-order valence-electron chi connectivity index (χ3n) is 4.41. The molecule has 0 bridgehead atoms. The van der Waals surface area contributed by atoms with E-state index in [9.17, 15) is 4.79 Å². The lowest BCUT2D eigenvalue weighted by Gasteiger charge is -2.28. The molecule has 1 aliphatic carbocycles. The maximum absolute atomic E-state index is 12.1. The zero-order chi connectivity index (χ0) is 14.1. The molecule has 112 valence electrons. The van der Waals surface area contributed by atoms with Crippen molar-refractivity contribution in [2.45, 2.75) is 65.2 Å². The zero-order valence-corrected chi connectivity index (χ0v) is 13.3. The minimum Gasteiger partial charge on any atom is -0.356 e. The van der Waals surface area contributed by atoms with Crippen LogP contribution in [0.25, 0.3) is 0 Å². The molecule has 1 rings (SSSR count). The van der Waals surface area contributed by atoms with Crippen molar-refractivity contribution in [2.75, 3.05) is 12.4 Å². The molecule has 2 nitrogen and oxygen atoms in total. The maximum atomic E-state index is 12.1. The van der Waals surface area contributed by atoms with E-state index in [4.69, 9.17) is 11.6 Å². The Balaban J connectivity index is 2.17. The molecule has 1 amide bonds. The van der Waals surface area contributed by atoms with E-state index in [0.717, 1.165) is 31.7 Å². The van der Waals surface area contributed by atoms with Crippen molar-refractivity contribution in [2.24, 2.45) is 17.8 Å². The molecular formula is C16H30ClNO. The van der Waals surface area contributed by atoms with Gasteiger partial charge in [-0.05, 0) is 43.9 Å². The number of hydrogen-bond acceptors (Lipinski definition) is 1. The highest BCUT2D eigenvalue weighted by Gasteiger charge is 2.25. The topological polar surface area (TPSA) is 29.1 Å². The molecule has 0 spiro atoms. The summed E-state index contributed by atoms with van der Waals surface area (Å²) in [5.74, 6) is 2.58. The second-order valence-electron chi connectivity index (χ2n) is 6.19. The highest BCUT2D eigenvalue weighted by atomic mass is 35.5. The van der Waals surface area contributed by atoms with Crippen LogP contribution in [0.5, 0.6) is 0 Å². The summed E-state index contributed by atoms with van der Waals surface area (Å²) in [6.45, 7) is 5.17. The largest absolute Gasteiger partial charge is 0.356 e. The molecule has 0 aliphatic heterocycles. The van der Waals surface area contributed by atoms with Gasteiger partial charge < -0.3 is 5.32 Å². The lowest BCUT2D eigenvalue weighted by Crippen LogP contribution is -2.35. The Kier molecular flexibility index (Phi) is 8.52. The second kappa shape index (κ2) is 9.63. The fourth-order valence-corrected chi connectivity index (χ4v) is 3.29. The Hall–Kier alpha value is -0.240. The van der Waals surface area contributed by atoms with Crippen LogP contribution in [0.3, 0.4) is 0 Å². The summed E-state index contributed by atoms with van der Waals surface area (Å²) in [6, 6.07) is 0. The first-order valence-corrected chi connectivity index (χ1v) is 8.54. The maximum Gasteiger partial charge on any atom is 0.223 e. The summed E-state index contributed by atoms with van der Waals surface area (Å²) < 4.78 is 0. The highest BCUT2D eigenvalue weighted by molar-refractivity contribution is 6.17. The van der Waals surface area contributed by atoms with Crippen LogP contribution in [0.4, 0.5) is 0 Å². The number of halogens is 1. The summed E-state index contributed by atoms with van der Waals surface area (Å²) >= 11 is 5.71. The molecule has 0 aromatic rings. The van der Waals surface area contributed by atoms with Crippen molar-refractivity contribution in [3.8, 4) is 0 Å². The van der Waals surface area contributed by atoms with Gasteiger partial charge in [-0.15, -0.1) is 11.6 Å². The fraction of sp³-hybridized carbons (Fsp3) is 0.938. The van der Waals surface area contributed by atoms with E-state index in [2.05, 4.69) is 19.2 Å². The Bertz CT molecular complexity index is 249. The molecule has 19 heavy (non-hydrogen) atoms. The molecule has 0 radical (unpaired) electrons. The quantitative estimate of drug-likeness (QED) is 0.660. The highest BCUT2D eigenvalue weighted by Crippen LogP contribution is 2.31. The van der Waals surface area contributed by atoms with Crippen LogP contribution in [0.2, 0.25) is 0 Å². The number of hydrogen-bond donors (Lipinski definition) is 1. The molecule has 1 saturated carbocycles. The molecule has 1 atom stereocenters. The first kappa shape index (κ1) is 16.8. The van der Waals surface area contributed by atoms with Crippen molar-refractivity contribution in [3.63, 3.8) is 0 Å². The van der Waals surface area contributed by atoms with Gasteiger partial charge in [0.25, 0.3) is 0 Å². The van der Waals surface area contributed by atoms with Crippen LogP contribution in [0.1, 0.15) is 65.2 Å². The Morgan fingerprint density at radius 2 is 2.00 bits per heavy atom. The lowest BCUT2D eigenvalue weighted by molar-refractivity contribution is -0.126. The van der Waals surface area contributed by atoms with Gasteiger partial charge in [-0.2, -0.15) is 0 Å². The Labute approximate surface area is 123 Å². The summed E-state index contributed by atoms with van der Waals surface area (Å²) in [5, 5.41) is 3.10. The van der Waals surface area contributed by atoms with Gasteiger partial charge in [0.1, 0.15) is 0 Å². The monoisotopic (exact) mass is 287 g/mol. The SMILES string of the molecule is CCCCC1CCC(C(=O)NCC(C)CCCl)CC1. The van der Waals surface area contributed by atoms with Crippen LogP contribution in [-0.2, 0) is 4.79 Å². The smallest absolute Gasteiger partial charge is 0.223 e. The van der Waals surface area contributed by atoms with Crippen molar-refractivity contribution >= 4 is 17.5 Å². The van der Waals surface area contributed by atoms with Crippen LogP contribution in [0, 0.1) is 17.8 Å². The number of carbonyl (C=O) groups excluding carboxylic acids is 1. The van der Waals surface area contributed by atoms with Gasteiger partial charge in [-0.1, -0.05) is 33.1 Å². The fourth-order valence-electron chi connectivity index (χ4n) is 2.91. The standard InChI is InChI=1S/C16H30ClNO/c1-3-4-5-14-6-8-15(9-7-14)16(19)18-12-13(2)10-11-17/h13-15H,3-12H2,1-2H3,(H,18,19). The molecule has 0 saturated heterocycles. The summed E-state index contributed by atoms with van der Waals surface area (Å²) in [7, 11) is 0. The van der Waals surface area contributed by atoms with Crippen molar-refractivity contribution in [3.05, 3.63) is 0 Å². The first-order chi connectivity index (χ1) is 9.17. The molecule has 0 heterocycles. The predicted molar refractivity (Wildman–Crippen MR) is 82.5 cm³/mol. The van der Waals surface area contributed by atoms with Crippen molar-refractivity contribution in [1.29, 1.82) is 0 Å². The number of nitrogens with one attached hydrogen (secondary N) is 1. The van der Waals surface area contributed by atoms with E-state index in [1.165, 1.54) is 32.1 Å². The van der Waals surface area contributed by atoms with Gasteiger partial charge in [0.15, 0.2) is 0 Å². The third-order valence-corrected chi connectivity index (χ3v) is 4.63. The van der Waals surface area contributed by atoms with E-state index < -0.39 is 0 Å². The molecule has 1 aliphatic rings. The Morgan fingerprint density at radius 3 is 2.58 bits per heavy atom. The van der Waals surface area contributed by atoms with Gasteiger partial charge in [0.05, 0.1) is 0 Å². The van der Waals surface area contributed by atoms with E-state index in [1.54, 1.807) is 0 Å². The van der Waals surface area contributed by atoms with Gasteiger partial charge in [0, 0.05) is 18.3 Å². The van der Waals surface area contributed by atoms with Gasteiger partial charge in [-0.25, -0.2) is 0 Å². The van der Waals surface area contributed by atoms with E-state index in [-0.39, 0.29) is 11.8 Å². The molecule has 0 aromatic carbocycles. The summed E-state index contributed by atoms with van der Waals surface area (Å²) in [6.07, 6.45) is 9.64. The number of amides is 1. The lowest BCUT2D eigenvalue weighted by atomic mass is 9.79. The minimum atomic E-state index is 0.265. The molecule has 3 heteroatoms. The molecule has 0 aromatic heterocycles. The molecule has 1 fully saturated rings. The number of alkyl halides is 1. The Morgan fingerprint density at radius 1 is 1.32 bits per heavy atom. The average Bonchev–Trinajstić information content (AvgIpc) is 2.43. The molecular weight excluding hydrogens is 258 g/mol. The van der Waals surface area contributed by atoms with E-state index in [1.807, 2.05) is 0 Å². The summed E-state index contributed by atoms with van der Waals surface area (Å²) in [5.41, 5.74) is 0. The van der Waals surface area contributed by atoms with Crippen molar-refractivity contribution in [1.82, 2.24) is 5.32 Å². The van der Waals surface area contributed by atoms with Crippen LogP contribution in [0.15, 0.2) is 0 Å². The van der Waals surface area contributed by atoms with Crippen molar-refractivity contribution < 1.29 is 4.79 Å². The van der Waals surface area contributed by atoms with Gasteiger partial charge >= 0.3 is 0 Å². The summed E-state index contributed by atoms with van der Waals surface area (Å²) in [4.78, 5) is 12.1. The molecule has 1 N–H and O–H groups in total. The predicted octanol–water partition coefficient (Wildman–Crippen LogP) is 4.36. The normalized spacial score (nSPS) is 25.0. The number of unbranched alkanes of at least 4 members (excludes halogenated alkanes) is 1. The van der Waals surface area contributed by atoms with Gasteiger partial charge in [0.2, 0.25) is 5.91 Å². The first-order valence-electron chi connectivity index (χ1n) is 8.01. The van der Waals surface area contributed by atoms with E-state index in [0.29, 0.717) is 11.8 Å². The van der Waals surface area contributed by atoms with E-state index >= 15 is 0 Å². The number of carbonyl (C=O) groups is 1. The van der Waals surface area contributed by atoms with Crippen LogP contribution in [-0.4, -0.2) is 18.3 Å².